The van der Waals surface area contributed by atoms with Gasteiger partial charge >= 0.3 is 12.3 Å². The standard InChI is InChI=1S/C18H17F3N2O4/c1-2-3-4-17(24)27-26-16-11-7-14(8-12-16)23-22-13-5-9-15(10-6-13)25-18(19,20)21/h5-12H,2-4H2,1H3. The van der Waals surface area contributed by atoms with Crippen LogP contribution in [-0.4, -0.2) is 12.3 Å². The minimum Gasteiger partial charge on any atom is -0.406 e. The first-order valence-corrected chi connectivity index (χ1v) is 8.10. The zero-order valence-electron chi connectivity index (χ0n) is 14.4. The van der Waals surface area contributed by atoms with Crippen molar-refractivity contribution in [2.75, 3.05) is 0 Å². The molecule has 0 heterocycles. The van der Waals surface area contributed by atoms with E-state index in [0.29, 0.717) is 17.1 Å². The molecule has 0 bridgehead atoms. The van der Waals surface area contributed by atoms with Crippen LogP contribution in [0.25, 0.3) is 0 Å². The van der Waals surface area contributed by atoms with Gasteiger partial charge in [-0.3, -0.25) is 9.78 Å². The third kappa shape index (κ3) is 7.76. The molecule has 0 saturated carbocycles. The Morgan fingerprint density at radius 3 is 1.93 bits per heavy atom. The van der Waals surface area contributed by atoms with Crippen LogP contribution in [0.3, 0.4) is 0 Å². The fraction of sp³-hybridized carbons (Fsp3) is 0.278. The first kappa shape index (κ1) is 20.2. The topological polar surface area (TPSA) is 69.5 Å². The van der Waals surface area contributed by atoms with E-state index >= 15 is 0 Å². The van der Waals surface area contributed by atoms with Gasteiger partial charge in [0.2, 0.25) is 0 Å². The number of benzene rings is 2. The number of nitrogens with zero attached hydrogens (tertiary/aromatic N) is 2. The van der Waals surface area contributed by atoms with Crippen molar-refractivity contribution in [1.82, 2.24) is 0 Å². The van der Waals surface area contributed by atoms with E-state index in [1.54, 1.807) is 24.3 Å². The third-order valence-electron chi connectivity index (χ3n) is 3.15. The summed E-state index contributed by atoms with van der Waals surface area (Å²) in [5.41, 5.74) is 0.838. The van der Waals surface area contributed by atoms with Gasteiger partial charge in [-0.25, -0.2) is 4.79 Å². The van der Waals surface area contributed by atoms with Crippen molar-refractivity contribution in [3.05, 3.63) is 48.5 Å². The third-order valence-corrected chi connectivity index (χ3v) is 3.15. The van der Waals surface area contributed by atoms with Crippen LogP contribution in [0.1, 0.15) is 26.2 Å². The van der Waals surface area contributed by atoms with Crippen molar-refractivity contribution in [2.45, 2.75) is 32.5 Å². The molecule has 0 aliphatic heterocycles. The van der Waals surface area contributed by atoms with Gasteiger partial charge in [-0.15, -0.1) is 13.2 Å². The molecule has 0 fully saturated rings. The molecule has 27 heavy (non-hydrogen) atoms. The number of hydrogen-bond acceptors (Lipinski definition) is 6. The number of carbonyl (C=O) groups is 1. The van der Waals surface area contributed by atoms with Gasteiger partial charge in [0.25, 0.3) is 0 Å². The number of carbonyl (C=O) groups excluding carboxylic acids is 1. The second-order valence-corrected chi connectivity index (χ2v) is 5.38. The average Bonchev–Trinajstić information content (AvgIpc) is 2.63. The molecule has 0 unspecified atom stereocenters. The van der Waals surface area contributed by atoms with Gasteiger partial charge in [0.1, 0.15) is 5.75 Å². The number of unbranched alkanes of at least 4 members (excludes halogenated alkanes) is 1. The Hall–Kier alpha value is -3.10. The summed E-state index contributed by atoms with van der Waals surface area (Å²) in [4.78, 5) is 20.9. The molecule has 0 aromatic heterocycles. The highest BCUT2D eigenvalue weighted by Gasteiger charge is 2.30. The summed E-state index contributed by atoms with van der Waals surface area (Å²) in [6.45, 7) is 1.96. The maximum absolute atomic E-state index is 12.1. The van der Waals surface area contributed by atoms with E-state index in [9.17, 15) is 18.0 Å². The van der Waals surface area contributed by atoms with Crippen LogP contribution in [0.2, 0.25) is 0 Å². The molecule has 0 atom stereocenters. The predicted octanol–water partition coefficient (Wildman–Crippen LogP) is 6.03. The highest BCUT2D eigenvalue weighted by molar-refractivity contribution is 5.68. The first-order chi connectivity index (χ1) is 12.9. The van der Waals surface area contributed by atoms with Crippen LogP contribution in [0.15, 0.2) is 58.8 Å². The van der Waals surface area contributed by atoms with Gasteiger partial charge < -0.3 is 4.74 Å². The molecule has 0 amide bonds. The quantitative estimate of drug-likeness (QED) is 0.318. The molecule has 0 aliphatic rings. The monoisotopic (exact) mass is 382 g/mol. The van der Waals surface area contributed by atoms with Crippen molar-refractivity contribution >= 4 is 17.3 Å². The fourth-order valence-electron chi connectivity index (χ4n) is 1.86. The SMILES string of the molecule is CCCCC(=O)OOc1ccc(N=Nc2ccc(OC(F)(F)F)cc2)cc1. The van der Waals surface area contributed by atoms with E-state index < -0.39 is 12.3 Å². The van der Waals surface area contributed by atoms with Crippen LogP contribution in [0, 0.1) is 0 Å². The van der Waals surface area contributed by atoms with Crippen molar-refractivity contribution in [3.63, 3.8) is 0 Å². The van der Waals surface area contributed by atoms with Crippen LogP contribution < -0.4 is 9.62 Å². The average molecular weight is 382 g/mol. The largest absolute Gasteiger partial charge is 0.573 e. The van der Waals surface area contributed by atoms with Crippen LogP contribution in [-0.2, 0) is 9.68 Å². The minimum atomic E-state index is -4.74. The number of halogens is 3. The van der Waals surface area contributed by atoms with E-state index in [2.05, 4.69) is 19.9 Å². The molecule has 2 aromatic carbocycles. The second-order valence-electron chi connectivity index (χ2n) is 5.38. The van der Waals surface area contributed by atoms with Crippen LogP contribution >= 0.6 is 0 Å². The van der Waals surface area contributed by atoms with Crippen LogP contribution in [0.4, 0.5) is 24.5 Å². The Bertz CT molecular complexity index is 760. The van der Waals surface area contributed by atoms with Gasteiger partial charge in [0, 0.05) is 0 Å². The van der Waals surface area contributed by atoms with Gasteiger partial charge in [-0.05, 0) is 55.0 Å². The molecule has 2 aromatic rings. The molecule has 144 valence electrons. The maximum atomic E-state index is 12.1. The Balaban J connectivity index is 1.87. The highest BCUT2D eigenvalue weighted by Crippen LogP contribution is 2.26. The van der Waals surface area contributed by atoms with Gasteiger partial charge in [0.15, 0.2) is 5.75 Å². The lowest BCUT2D eigenvalue weighted by molar-refractivity contribution is -0.274. The van der Waals surface area contributed by atoms with Gasteiger partial charge in [0.05, 0.1) is 17.8 Å². The summed E-state index contributed by atoms with van der Waals surface area (Å²) in [5.74, 6) is -0.456. The summed E-state index contributed by atoms with van der Waals surface area (Å²) < 4.78 is 40.1. The Morgan fingerprint density at radius 1 is 0.926 bits per heavy atom. The van der Waals surface area contributed by atoms with Crippen molar-refractivity contribution < 1.29 is 32.5 Å². The molecule has 0 saturated heterocycles. The predicted molar refractivity (Wildman–Crippen MR) is 90.0 cm³/mol. The summed E-state index contributed by atoms with van der Waals surface area (Å²) in [6.07, 6.45) is -2.84. The summed E-state index contributed by atoms with van der Waals surface area (Å²) in [5, 5.41) is 7.87. The van der Waals surface area contributed by atoms with E-state index in [1.165, 1.54) is 12.1 Å². The Labute approximate surface area is 153 Å². The number of azo groups is 1. The normalized spacial score (nSPS) is 11.4. The summed E-state index contributed by atoms with van der Waals surface area (Å²) in [6, 6.07) is 11.2. The number of rotatable bonds is 8. The number of alkyl halides is 3. The lowest BCUT2D eigenvalue weighted by Gasteiger charge is -2.08. The smallest absolute Gasteiger partial charge is 0.406 e. The Morgan fingerprint density at radius 2 is 1.44 bits per heavy atom. The van der Waals surface area contributed by atoms with Crippen molar-refractivity contribution in [3.8, 4) is 11.5 Å². The molecule has 0 radical (unpaired) electrons. The lowest BCUT2D eigenvalue weighted by atomic mass is 10.3. The molecular formula is C18H17F3N2O4. The second kappa shape index (κ2) is 9.56. The molecular weight excluding hydrogens is 365 g/mol. The number of ether oxygens (including phenoxy) is 1. The van der Waals surface area contributed by atoms with E-state index in [0.717, 1.165) is 25.0 Å². The summed E-state index contributed by atoms with van der Waals surface area (Å²) in [7, 11) is 0. The summed E-state index contributed by atoms with van der Waals surface area (Å²) >= 11 is 0. The Kier molecular flexibility index (Phi) is 7.16. The minimum absolute atomic E-state index is 0.287. The highest BCUT2D eigenvalue weighted by atomic mass is 19.4. The zero-order chi connectivity index (χ0) is 19.7. The fourth-order valence-corrected chi connectivity index (χ4v) is 1.86. The molecule has 6 nitrogen and oxygen atoms in total. The zero-order valence-corrected chi connectivity index (χ0v) is 14.4. The molecule has 0 N–H and O–H groups in total. The lowest BCUT2D eigenvalue weighted by Crippen LogP contribution is -2.16. The first-order valence-electron chi connectivity index (χ1n) is 8.10. The maximum Gasteiger partial charge on any atom is 0.573 e. The van der Waals surface area contributed by atoms with Crippen molar-refractivity contribution in [1.29, 1.82) is 0 Å². The van der Waals surface area contributed by atoms with Crippen molar-refractivity contribution in [2.24, 2.45) is 10.2 Å². The molecule has 2 rings (SSSR count). The molecule has 9 heteroatoms. The van der Waals surface area contributed by atoms with Gasteiger partial charge in [-0.2, -0.15) is 10.2 Å². The van der Waals surface area contributed by atoms with Crippen LogP contribution in [0.5, 0.6) is 11.5 Å². The van der Waals surface area contributed by atoms with E-state index in [1.807, 2.05) is 6.92 Å². The molecule has 0 spiro atoms. The van der Waals surface area contributed by atoms with E-state index in [-0.39, 0.29) is 12.2 Å². The molecule has 0 aliphatic carbocycles. The van der Waals surface area contributed by atoms with Gasteiger partial charge in [-0.1, -0.05) is 13.3 Å². The number of hydrogen-bond donors (Lipinski definition) is 0. The van der Waals surface area contributed by atoms with E-state index in [4.69, 9.17) is 4.89 Å².